The van der Waals surface area contributed by atoms with E-state index in [-0.39, 0.29) is 22.8 Å². The third-order valence-corrected chi connectivity index (χ3v) is 9.34. The van der Waals surface area contributed by atoms with E-state index < -0.39 is 10.0 Å². The summed E-state index contributed by atoms with van der Waals surface area (Å²) in [6.45, 7) is 7.18. The van der Waals surface area contributed by atoms with Crippen molar-refractivity contribution in [1.82, 2.24) is 9.62 Å². The van der Waals surface area contributed by atoms with Gasteiger partial charge in [-0.15, -0.1) is 0 Å². The summed E-state index contributed by atoms with van der Waals surface area (Å²) in [7, 11) is -2.03. The lowest BCUT2D eigenvalue weighted by Crippen LogP contribution is -2.43. The highest BCUT2D eigenvalue weighted by molar-refractivity contribution is 7.89. The second kappa shape index (κ2) is 11.0. The molecule has 0 aromatic heterocycles. The number of hydrogen-bond acceptors (Lipinski definition) is 5. The minimum Gasteiger partial charge on any atom is -0.497 e. The van der Waals surface area contributed by atoms with Crippen molar-refractivity contribution in [2.45, 2.75) is 50.5 Å². The Morgan fingerprint density at radius 2 is 1.54 bits per heavy atom. The van der Waals surface area contributed by atoms with Crippen LogP contribution in [0, 0.1) is 11.8 Å². The van der Waals surface area contributed by atoms with Crippen molar-refractivity contribution >= 4 is 21.6 Å². The van der Waals surface area contributed by atoms with Gasteiger partial charge in [-0.1, -0.05) is 19.1 Å². The lowest BCUT2D eigenvalue weighted by atomic mass is 9.96. The van der Waals surface area contributed by atoms with Gasteiger partial charge in [0.1, 0.15) is 5.75 Å². The second-order valence-electron chi connectivity index (χ2n) is 9.85. The number of hydrogen-bond donors (Lipinski definition) is 1. The molecule has 1 N–H and O–H groups in total. The molecule has 0 saturated carbocycles. The predicted octanol–water partition coefficient (Wildman–Crippen LogP) is 4.21. The highest BCUT2D eigenvalue weighted by atomic mass is 32.2. The standard InChI is InChI=1S/C27H37N3O4S/c1-20-12-16-29(17-13-20)24-6-4-22(5-7-24)21(2)28-27(31)23-14-18-30(19-15-23)35(32,33)26-10-8-25(34-3)9-11-26/h4-11,20-21,23H,12-19H2,1-3H3,(H,28,31)/t21-/m1/s1. The van der Waals surface area contributed by atoms with Gasteiger partial charge in [-0.25, -0.2) is 8.42 Å². The van der Waals surface area contributed by atoms with Gasteiger partial charge in [0.05, 0.1) is 18.0 Å². The summed E-state index contributed by atoms with van der Waals surface area (Å²) in [5, 5.41) is 3.13. The van der Waals surface area contributed by atoms with Crippen LogP contribution in [0.4, 0.5) is 5.69 Å². The molecular weight excluding hydrogens is 462 g/mol. The third kappa shape index (κ3) is 5.98. The number of carbonyl (C=O) groups is 1. The monoisotopic (exact) mass is 499 g/mol. The van der Waals surface area contributed by atoms with E-state index in [1.54, 1.807) is 31.4 Å². The molecule has 2 heterocycles. The van der Waals surface area contributed by atoms with Crippen LogP contribution < -0.4 is 15.0 Å². The molecule has 2 aromatic rings. The molecule has 2 aromatic carbocycles. The summed E-state index contributed by atoms with van der Waals surface area (Å²) in [5.74, 6) is 1.22. The topological polar surface area (TPSA) is 79.0 Å². The number of rotatable bonds is 7. The van der Waals surface area contributed by atoms with Gasteiger partial charge in [0.2, 0.25) is 15.9 Å². The van der Waals surface area contributed by atoms with Crippen molar-refractivity contribution in [3.8, 4) is 5.75 Å². The Hall–Kier alpha value is -2.58. The Morgan fingerprint density at radius 1 is 0.943 bits per heavy atom. The van der Waals surface area contributed by atoms with E-state index in [1.807, 2.05) is 6.92 Å². The largest absolute Gasteiger partial charge is 0.497 e. The first-order valence-electron chi connectivity index (χ1n) is 12.6. The molecule has 1 atom stereocenters. The maximum atomic E-state index is 13.0. The van der Waals surface area contributed by atoms with Crippen molar-refractivity contribution < 1.29 is 17.9 Å². The van der Waals surface area contributed by atoms with E-state index in [0.29, 0.717) is 31.7 Å². The first kappa shape index (κ1) is 25.5. The van der Waals surface area contributed by atoms with Crippen LogP contribution in [0.15, 0.2) is 53.4 Å². The highest BCUT2D eigenvalue weighted by Gasteiger charge is 2.32. The number of sulfonamides is 1. The molecule has 7 nitrogen and oxygen atoms in total. The minimum atomic E-state index is -3.58. The first-order chi connectivity index (χ1) is 16.8. The van der Waals surface area contributed by atoms with Gasteiger partial charge in [0.15, 0.2) is 0 Å². The van der Waals surface area contributed by atoms with Crippen molar-refractivity contribution in [1.29, 1.82) is 0 Å². The number of nitrogens with zero attached hydrogens (tertiary/aromatic N) is 2. The number of piperidine rings is 2. The summed E-state index contributed by atoms with van der Waals surface area (Å²) < 4.78 is 32.5. The van der Waals surface area contributed by atoms with E-state index >= 15 is 0 Å². The zero-order valence-corrected chi connectivity index (χ0v) is 21.8. The van der Waals surface area contributed by atoms with Crippen molar-refractivity contribution in [3.05, 3.63) is 54.1 Å². The Bertz CT molecular complexity index is 1090. The molecule has 0 spiro atoms. The molecule has 2 aliphatic heterocycles. The smallest absolute Gasteiger partial charge is 0.243 e. The number of carbonyl (C=O) groups excluding carboxylic acids is 1. The van der Waals surface area contributed by atoms with Crippen LogP contribution in [-0.4, -0.2) is 51.9 Å². The predicted molar refractivity (Wildman–Crippen MR) is 138 cm³/mol. The van der Waals surface area contributed by atoms with E-state index in [1.165, 1.54) is 22.8 Å². The summed E-state index contributed by atoms with van der Waals surface area (Å²) in [6, 6.07) is 14.8. The average Bonchev–Trinajstić information content (AvgIpc) is 2.89. The number of amides is 1. The third-order valence-electron chi connectivity index (χ3n) is 7.42. The number of anilines is 1. The van der Waals surface area contributed by atoms with Crippen LogP contribution in [-0.2, 0) is 14.8 Å². The first-order valence-corrected chi connectivity index (χ1v) is 14.0. The molecule has 8 heteroatoms. The highest BCUT2D eigenvalue weighted by Crippen LogP contribution is 2.27. The van der Waals surface area contributed by atoms with Crippen LogP contribution >= 0.6 is 0 Å². The maximum Gasteiger partial charge on any atom is 0.243 e. The Kier molecular flexibility index (Phi) is 8.02. The molecule has 0 aliphatic carbocycles. The molecule has 0 bridgehead atoms. The summed E-state index contributed by atoms with van der Waals surface area (Å²) in [5.41, 5.74) is 2.32. The van der Waals surface area contributed by atoms with Crippen LogP contribution in [0.5, 0.6) is 5.75 Å². The van der Waals surface area contributed by atoms with Crippen molar-refractivity contribution in [3.63, 3.8) is 0 Å². The zero-order chi connectivity index (χ0) is 25.0. The van der Waals surface area contributed by atoms with Crippen LogP contribution in [0.25, 0.3) is 0 Å². The lowest BCUT2D eigenvalue weighted by molar-refractivity contribution is -0.126. The summed E-state index contributed by atoms with van der Waals surface area (Å²) >= 11 is 0. The SMILES string of the molecule is COc1ccc(S(=O)(=O)N2CCC(C(=O)N[C@H](C)c3ccc(N4CCC(C)CC4)cc3)CC2)cc1. The maximum absolute atomic E-state index is 13.0. The quantitative estimate of drug-likeness (QED) is 0.617. The van der Waals surface area contributed by atoms with Gasteiger partial charge in [-0.3, -0.25) is 4.79 Å². The molecule has 4 rings (SSSR count). The number of nitrogens with one attached hydrogen (secondary N) is 1. The number of methoxy groups -OCH3 is 1. The van der Waals surface area contributed by atoms with Crippen molar-refractivity contribution in [2.24, 2.45) is 11.8 Å². The lowest BCUT2D eigenvalue weighted by Gasteiger charge is -2.32. The Morgan fingerprint density at radius 3 is 2.11 bits per heavy atom. The Balaban J connectivity index is 1.29. The normalized spacial score (nSPS) is 19.3. The molecule has 0 radical (unpaired) electrons. The van der Waals surface area contributed by atoms with Gasteiger partial charge in [0, 0.05) is 37.8 Å². The molecule has 2 saturated heterocycles. The van der Waals surface area contributed by atoms with E-state index in [9.17, 15) is 13.2 Å². The van der Waals surface area contributed by atoms with Gasteiger partial charge >= 0.3 is 0 Å². The molecule has 35 heavy (non-hydrogen) atoms. The van der Waals surface area contributed by atoms with Crippen LogP contribution in [0.2, 0.25) is 0 Å². The fourth-order valence-corrected chi connectivity index (χ4v) is 6.38. The molecule has 2 aliphatic rings. The van der Waals surface area contributed by atoms with E-state index in [2.05, 4.69) is 41.4 Å². The van der Waals surface area contributed by atoms with Gasteiger partial charge in [-0.2, -0.15) is 4.31 Å². The second-order valence-corrected chi connectivity index (χ2v) is 11.8. The van der Waals surface area contributed by atoms with Crippen LogP contribution in [0.3, 0.4) is 0 Å². The zero-order valence-electron chi connectivity index (χ0n) is 20.9. The summed E-state index contributed by atoms with van der Waals surface area (Å²) in [4.78, 5) is 15.6. The fraction of sp³-hybridized carbons (Fsp3) is 0.519. The molecule has 0 unspecified atom stereocenters. The van der Waals surface area contributed by atoms with E-state index in [0.717, 1.165) is 24.6 Å². The molecular formula is C27H37N3O4S. The molecule has 1 amide bonds. The molecule has 2 fully saturated rings. The van der Waals surface area contributed by atoms with Gasteiger partial charge in [-0.05, 0) is 80.5 Å². The van der Waals surface area contributed by atoms with Crippen LogP contribution in [0.1, 0.15) is 51.1 Å². The number of benzene rings is 2. The van der Waals surface area contributed by atoms with E-state index in [4.69, 9.17) is 4.74 Å². The van der Waals surface area contributed by atoms with Gasteiger partial charge < -0.3 is 15.0 Å². The fourth-order valence-electron chi connectivity index (χ4n) is 4.91. The minimum absolute atomic E-state index is 0.00640. The average molecular weight is 500 g/mol. The Labute approximate surface area is 209 Å². The summed E-state index contributed by atoms with van der Waals surface area (Å²) in [6.07, 6.45) is 3.49. The van der Waals surface area contributed by atoms with Gasteiger partial charge in [0.25, 0.3) is 0 Å². The van der Waals surface area contributed by atoms with Crippen molar-refractivity contribution in [2.75, 3.05) is 38.2 Å². The molecule has 190 valence electrons. The number of ether oxygens (including phenoxy) is 1.